The molecule has 2 atom stereocenters. The second-order valence-electron chi connectivity index (χ2n) is 3.69. The predicted molar refractivity (Wildman–Crippen MR) is 59.5 cm³/mol. The van der Waals surface area contributed by atoms with Crippen LogP contribution in [-0.2, 0) is 4.79 Å². The van der Waals surface area contributed by atoms with Crippen LogP contribution in [-0.4, -0.2) is 39.2 Å². The summed E-state index contributed by atoms with van der Waals surface area (Å²) in [6, 6.07) is 3.50. The van der Waals surface area contributed by atoms with Crippen molar-refractivity contribution in [3.8, 4) is 0 Å². The lowest BCUT2D eigenvalue weighted by molar-refractivity contribution is -0.141. The first-order valence-electron chi connectivity index (χ1n) is 5.07. The summed E-state index contributed by atoms with van der Waals surface area (Å²) in [5.74, 6) is -1.91. The normalized spacial score (nSPS) is 13.8. The number of amides is 1. The minimum absolute atomic E-state index is 0.122. The highest BCUT2D eigenvalue weighted by atomic mass is 16.4. The second kappa shape index (κ2) is 5.40. The maximum atomic E-state index is 11.7. The zero-order valence-corrected chi connectivity index (χ0v) is 9.54. The molecule has 0 aliphatic rings. The molecule has 1 aromatic heterocycles. The first-order valence-corrected chi connectivity index (χ1v) is 5.07. The molecular formula is C11H14N2O4. The molecule has 17 heavy (non-hydrogen) atoms. The van der Waals surface area contributed by atoms with Crippen LogP contribution in [0.15, 0.2) is 18.2 Å². The summed E-state index contributed by atoms with van der Waals surface area (Å²) in [5, 5.41) is 20.2. The standard InChI is InChI=1S/C11H14N2O4/c1-6-4-3-5-8(12-6)10(15)13-9(7(2)14)11(16)17/h3-5,7,9,14H,1-2H3,(H,13,15)(H,16,17)/t7-,9+/m1/s1. The number of aryl methyl sites for hydroxylation is 1. The van der Waals surface area contributed by atoms with Crippen LogP contribution in [0.2, 0.25) is 0 Å². The van der Waals surface area contributed by atoms with E-state index in [1.807, 2.05) is 0 Å². The minimum atomic E-state index is -1.34. The Morgan fingerprint density at radius 2 is 2.06 bits per heavy atom. The van der Waals surface area contributed by atoms with Gasteiger partial charge < -0.3 is 15.5 Å². The van der Waals surface area contributed by atoms with E-state index in [0.717, 1.165) is 0 Å². The molecule has 0 aliphatic carbocycles. The molecule has 92 valence electrons. The van der Waals surface area contributed by atoms with Crippen LogP contribution in [0.4, 0.5) is 0 Å². The Labute approximate surface area is 98.3 Å². The van der Waals surface area contributed by atoms with Crippen molar-refractivity contribution in [1.82, 2.24) is 10.3 Å². The molecule has 0 aliphatic heterocycles. The summed E-state index contributed by atoms with van der Waals surface area (Å²) < 4.78 is 0. The van der Waals surface area contributed by atoms with Gasteiger partial charge >= 0.3 is 5.97 Å². The van der Waals surface area contributed by atoms with Crippen LogP contribution in [0.25, 0.3) is 0 Å². The van der Waals surface area contributed by atoms with E-state index in [1.54, 1.807) is 19.1 Å². The van der Waals surface area contributed by atoms with Crippen LogP contribution in [0.5, 0.6) is 0 Å². The molecule has 0 unspecified atom stereocenters. The van der Waals surface area contributed by atoms with Crippen LogP contribution < -0.4 is 5.32 Å². The maximum Gasteiger partial charge on any atom is 0.328 e. The van der Waals surface area contributed by atoms with Gasteiger partial charge in [-0.1, -0.05) is 6.07 Å². The summed E-state index contributed by atoms with van der Waals surface area (Å²) >= 11 is 0. The molecule has 1 amide bonds. The number of nitrogens with one attached hydrogen (secondary N) is 1. The number of aliphatic carboxylic acids is 1. The summed E-state index contributed by atoms with van der Waals surface area (Å²) in [6.07, 6.45) is -1.18. The molecule has 6 nitrogen and oxygen atoms in total. The van der Waals surface area contributed by atoms with Crippen molar-refractivity contribution in [2.24, 2.45) is 0 Å². The second-order valence-corrected chi connectivity index (χ2v) is 3.69. The highest BCUT2D eigenvalue weighted by molar-refractivity contribution is 5.95. The third-order valence-electron chi connectivity index (χ3n) is 2.16. The first kappa shape index (κ1) is 13.1. The van der Waals surface area contributed by atoms with E-state index in [0.29, 0.717) is 5.69 Å². The Morgan fingerprint density at radius 3 is 2.53 bits per heavy atom. The van der Waals surface area contributed by atoms with Crippen molar-refractivity contribution in [1.29, 1.82) is 0 Å². The van der Waals surface area contributed by atoms with Gasteiger partial charge in [0, 0.05) is 5.69 Å². The number of aliphatic hydroxyl groups is 1. The lowest BCUT2D eigenvalue weighted by Gasteiger charge is -2.16. The molecule has 6 heteroatoms. The number of hydrogen-bond acceptors (Lipinski definition) is 4. The van der Waals surface area contributed by atoms with Gasteiger partial charge in [0.25, 0.3) is 5.91 Å². The molecule has 0 radical (unpaired) electrons. The van der Waals surface area contributed by atoms with E-state index in [9.17, 15) is 14.7 Å². The number of carboxylic acids is 1. The van der Waals surface area contributed by atoms with Crippen molar-refractivity contribution in [2.75, 3.05) is 0 Å². The molecule has 0 aromatic carbocycles. The molecule has 1 rings (SSSR count). The van der Waals surface area contributed by atoms with Gasteiger partial charge in [0.15, 0.2) is 6.04 Å². The fourth-order valence-corrected chi connectivity index (χ4v) is 1.27. The van der Waals surface area contributed by atoms with E-state index >= 15 is 0 Å². The van der Waals surface area contributed by atoms with Crippen LogP contribution >= 0.6 is 0 Å². The SMILES string of the molecule is Cc1cccc(C(=O)N[C@H](C(=O)O)[C@@H](C)O)n1. The summed E-state index contributed by atoms with van der Waals surface area (Å²) in [7, 11) is 0. The lowest BCUT2D eigenvalue weighted by atomic mass is 10.2. The van der Waals surface area contributed by atoms with Gasteiger partial charge in [0.2, 0.25) is 0 Å². The lowest BCUT2D eigenvalue weighted by Crippen LogP contribution is -2.47. The van der Waals surface area contributed by atoms with Gasteiger partial charge in [-0.15, -0.1) is 0 Å². The number of pyridine rings is 1. The van der Waals surface area contributed by atoms with Gasteiger partial charge in [-0.2, -0.15) is 0 Å². The van der Waals surface area contributed by atoms with Gasteiger partial charge in [-0.05, 0) is 26.0 Å². The predicted octanol–water partition coefficient (Wildman–Crippen LogP) is -0.0462. The average molecular weight is 238 g/mol. The van der Waals surface area contributed by atoms with Gasteiger partial charge in [0.05, 0.1) is 6.10 Å². The monoisotopic (exact) mass is 238 g/mol. The molecule has 0 bridgehead atoms. The maximum absolute atomic E-state index is 11.7. The summed E-state index contributed by atoms with van der Waals surface area (Å²) in [6.45, 7) is 3.02. The Balaban J connectivity index is 2.81. The largest absolute Gasteiger partial charge is 0.480 e. The smallest absolute Gasteiger partial charge is 0.328 e. The Hall–Kier alpha value is -1.95. The van der Waals surface area contributed by atoms with Gasteiger partial charge in [0.1, 0.15) is 5.69 Å². The fourth-order valence-electron chi connectivity index (χ4n) is 1.27. The molecule has 1 heterocycles. The zero-order valence-electron chi connectivity index (χ0n) is 9.54. The van der Waals surface area contributed by atoms with Crippen molar-refractivity contribution in [2.45, 2.75) is 26.0 Å². The minimum Gasteiger partial charge on any atom is -0.480 e. The number of aromatic nitrogens is 1. The fraction of sp³-hybridized carbons (Fsp3) is 0.364. The van der Waals surface area contributed by atoms with Crippen molar-refractivity contribution in [3.05, 3.63) is 29.6 Å². The number of carboxylic acid groups (broad SMARTS) is 1. The van der Waals surface area contributed by atoms with Gasteiger partial charge in [-0.3, -0.25) is 4.79 Å². The Kier molecular flexibility index (Phi) is 4.17. The van der Waals surface area contributed by atoms with Crippen LogP contribution in [0.1, 0.15) is 23.1 Å². The topological polar surface area (TPSA) is 99.5 Å². The summed E-state index contributed by atoms with van der Waals surface area (Å²) in [4.78, 5) is 26.4. The van der Waals surface area contributed by atoms with Crippen LogP contribution in [0, 0.1) is 6.92 Å². The quantitative estimate of drug-likeness (QED) is 0.683. The molecule has 0 saturated heterocycles. The van der Waals surface area contributed by atoms with Crippen molar-refractivity contribution in [3.63, 3.8) is 0 Å². The highest BCUT2D eigenvalue weighted by Crippen LogP contribution is 2.00. The highest BCUT2D eigenvalue weighted by Gasteiger charge is 2.25. The van der Waals surface area contributed by atoms with Gasteiger partial charge in [-0.25, -0.2) is 9.78 Å². The third-order valence-corrected chi connectivity index (χ3v) is 2.16. The number of carbonyl (C=O) groups is 2. The molecular weight excluding hydrogens is 224 g/mol. The first-order chi connectivity index (χ1) is 7.91. The molecule has 0 saturated carbocycles. The molecule has 1 aromatic rings. The molecule has 0 spiro atoms. The van der Waals surface area contributed by atoms with Crippen molar-refractivity contribution < 1.29 is 19.8 Å². The van der Waals surface area contributed by atoms with E-state index in [2.05, 4.69) is 10.3 Å². The number of rotatable bonds is 4. The number of nitrogens with zero attached hydrogens (tertiary/aromatic N) is 1. The number of carbonyl (C=O) groups excluding carboxylic acids is 1. The van der Waals surface area contributed by atoms with E-state index in [1.165, 1.54) is 13.0 Å². The van der Waals surface area contributed by atoms with Crippen molar-refractivity contribution >= 4 is 11.9 Å². The summed E-state index contributed by atoms with van der Waals surface area (Å²) in [5.41, 5.74) is 0.776. The average Bonchev–Trinajstić information content (AvgIpc) is 2.24. The van der Waals surface area contributed by atoms with Crippen LogP contribution in [0.3, 0.4) is 0 Å². The Morgan fingerprint density at radius 1 is 1.41 bits per heavy atom. The Bertz CT molecular complexity index is 431. The third kappa shape index (κ3) is 3.53. The molecule has 3 N–H and O–H groups in total. The molecule has 0 fully saturated rings. The zero-order chi connectivity index (χ0) is 13.0. The number of aliphatic hydroxyl groups excluding tert-OH is 1. The number of hydrogen-bond donors (Lipinski definition) is 3. The van der Waals surface area contributed by atoms with E-state index < -0.39 is 24.0 Å². The van der Waals surface area contributed by atoms with E-state index in [-0.39, 0.29) is 5.69 Å². The van der Waals surface area contributed by atoms with E-state index in [4.69, 9.17) is 5.11 Å².